The zero-order valence-corrected chi connectivity index (χ0v) is 17.8. The molecule has 3 atom stereocenters. The van der Waals surface area contributed by atoms with E-state index in [2.05, 4.69) is 11.1 Å². The largest absolute Gasteiger partial charge is 0.493 e. The van der Waals surface area contributed by atoms with E-state index in [1.54, 1.807) is 21.3 Å². The molecule has 0 spiro atoms. The van der Waals surface area contributed by atoms with Crippen LogP contribution in [0.25, 0.3) is 0 Å². The second kappa shape index (κ2) is 8.52. The van der Waals surface area contributed by atoms with Crippen molar-refractivity contribution in [1.82, 2.24) is 4.98 Å². The van der Waals surface area contributed by atoms with Crippen LogP contribution in [0.1, 0.15) is 48.8 Å². The van der Waals surface area contributed by atoms with Crippen LogP contribution in [0.4, 0.5) is 0 Å². The Kier molecular flexibility index (Phi) is 5.81. The summed E-state index contributed by atoms with van der Waals surface area (Å²) in [6.45, 7) is 2.50. The van der Waals surface area contributed by atoms with Gasteiger partial charge in [-0.25, -0.2) is 0 Å². The van der Waals surface area contributed by atoms with E-state index in [0.29, 0.717) is 36.3 Å². The van der Waals surface area contributed by atoms with Gasteiger partial charge in [0.2, 0.25) is 11.8 Å². The summed E-state index contributed by atoms with van der Waals surface area (Å²) in [4.78, 5) is 9.43. The first-order valence-electron chi connectivity index (χ1n) is 10.3. The third-order valence-electron chi connectivity index (χ3n) is 5.84. The minimum absolute atomic E-state index is 0.101. The number of methoxy groups -OCH3 is 3. The van der Waals surface area contributed by atoms with E-state index < -0.39 is 0 Å². The maximum Gasteiger partial charge on any atom is 0.216 e. The van der Waals surface area contributed by atoms with Crippen molar-refractivity contribution in [2.45, 2.75) is 44.2 Å². The van der Waals surface area contributed by atoms with Crippen LogP contribution >= 0.6 is 0 Å². The van der Waals surface area contributed by atoms with E-state index in [1.165, 1.54) is 0 Å². The molecule has 0 saturated heterocycles. The van der Waals surface area contributed by atoms with E-state index in [4.69, 9.17) is 23.9 Å². The third-order valence-corrected chi connectivity index (χ3v) is 5.84. The fourth-order valence-corrected chi connectivity index (χ4v) is 4.43. The molecule has 1 aliphatic carbocycles. The molecule has 1 aliphatic heterocycles. The number of benzene rings is 1. The van der Waals surface area contributed by atoms with Crippen molar-refractivity contribution in [2.75, 3.05) is 27.9 Å². The molecule has 1 aromatic carbocycles. The molecule has 2 aliphatic rings. The molecule has 1 aromatic heterocycles. The SMILES string of the molecule is CCOc1cc2c(cc1OC)C(c1cc(OC)nc(OC)c1)=NC1CCC(O)CC21. The van der Waals surface area contributed by atoms with Crippen molar-refractivity contribution in [3.8, 4) is 23.3 Å². The zero-order valence-electron chi connectivity index (χ0n) is 17.8. The topological polar surface area (TPSA) is 82.4 Å². The number of hydrogen-bond donors (Lipinski definition) is 1. The van der Waals surface area contributed by atoms with Gasteiger partial charge in [-0.05, 0) is 43.9 Å². The van der Waals surface area contributed by atoms with Gasteiger partial charge in [-0.1, -0.05) is 0 Å². The van der Waals surface area contributed by atoms with Gasteiger partial charge in [0.05, 0.1) is 45.8 Å². The Labute approximate surface area is 176 Å². The van der Waals surface area contributed by atoms with Crippen molar-refractivity contribution in [3.05, 3.63) is 41.0 Å². The lowest BCUT2D eigenvalue weighted by molar-refractivity contribution is 0.111. The summed E-state index contributed by atoms with van der Waals surface area (Å²) in [5.74, 6) is 2.44. The molecular formula is C23H28N2O5. The highest BCUT2D eigenvalue weighted by Crippen LogP contribution is 2.45. The van der Waals surface area contributed by atoms with Crippen LogP contribution in [0.5, 0.6) is 23.3 Å². The summed E-state index contributed by atoms with van der Waals surface area (Å²) in [6.07, 6.45) is 1.97. The lowest BCUT2D eigenvalue weighted by atomic mass is 9.74. The highest BCUT2D eigenvalue weighted by Gasteiger charge is 2.37. The fourth-order valence-electron chi connectivity index (χ4n) is 4.43. The summed E-state index contributed by atoms with van der Waals surface area (Å²) in [5.41, 5.74) is 3.82. The van der Waals surface area contributed by atoms with Gasteiger partial charge >= 0.3 is 0 Å². The van der Waals surface area contributed by atoms with Crippen molar-refractivity contribution in [3.63, 3.8) is 0 Å². The smallest absolute Gasteiger partial charge is 0.216 e. The molecule has 2 aromatic rings. The Balaban J connectivity index is 1.90. The number of aliphatic hydroxyl groups excluding tert-OH is 1. The minimum Gasteiger partial charge on any atom is -0.493 e. The molecule has 0 bridgehead atoms. The fraction of sp³-hybridized carbons (Fsp3) is 0.478. The number of aliphatic imine (C=N–C) groups is 1. The first-order valence-corrected chi connectivity index (χ1v) is 10.3. The van der Waals surface area contributed by atoms with Crippen LogP contribution in [0.2, 0.25) is 0 Å². The average Bonchev–Trinajstić information content (AvgIpc) is 2.78. The number of rotatable bonds is 6. The normalized spacial score (nSPS) is 22.4. The lowest BCUT2D eigenvalue weighted by Crippen LogP contribution is -2.34. The number of hydrogen-bond acceptors (Lipinski definition) is 7. The van der Waals surface area contributed by atoms with Gasteiger partial charge in [0.15, 0.2) is 11.5 Å². The molecule has 7 nitrogen and oxygen atoms in total. The average molecular weight is 412 g/mol. The van der Waals surface area contributed by atoms with Gasteiger partial charge in [0.1, 0.15) is 0 Å². The zero-order chi connectivity index (χ0) is 21.3. The highest BCUT2D eigenvalue weighted by atomic mass is 16.5. The summed E-state index contributed by atoms with van der Waals surface area (Å²) >= 11 is 0. The van der Waals surface area contributed by atoms with Gasteiger partial charge < -0.3 is 24.1 Å². The van der Waals surface area contributed by atoms with Crippen molar-refractivity contribution >= 4 is 5.71 Å². The highest BCUT2D eigenvalue weighted by molar-refractivity contribution is 6.15. The quantitative estimate of drug-likeness (QED) is 0.784. The molecule has 30 heavy (non-hydrogen) atoms. The summed E-state index contributed by atoms with van der Waals surface area (Å²) in [6, 6.07) is 7.87. The van der Waals surface area contributed by atoms with E-state index >= 15 is 0 Å². The van der Waals surface area contributed by atoms with Crippen LogP contribution in [0, 0.1) is 0 Å². The van der Waals surface area contributed by atoms with Gasteiger partial charge in [0, 0.05) is 29.2 Å². The molecule has 0 amide bonds. The number of pyridine rings is 1. The van der Waals surface area contributed by atoms with E-state index in [0.717, 1.165) is 35.2 Å². The number of aliphatic hydroxyl groups is 1. The van der Waals surface area contributed by atoms with Crippen LogP contribution < -0.4 is 18.9 Å². The molecule has 2 heterocycles. The van der Waals surface area contributed by atoms with E-state index in [-0.39, 0.29) is 18.1 Å². The van der Waals surface area contributed by atoms with Crippen LogP contribution in [0.3, 0.4) is 0 Å². The van der Waals surface area contributed by atoms with Crippen LogP contribution in [0.15, 0.2) is 29.3 Å². The van der Waals surface area contributed by atoms with Crippen LogP contribution in [-0.4, -0.2) is 55.9 Å². The molecule has 4 rings (SSSR count). The number of nitrogens with zero attached hydrogens (tertiary/aromatic N) is 2. The number of fused-ring (bicyclic) bond motifs is 3. The van der Waals surface area contributed by atoms with Gasteiger partial charge in [0.25, 0.3) is 0 Å². The van der Waals surface area contributed by atoms with E-state index in [9.17, 15) is 5.11 Å². The predicted molar refractivity (Wildman–Crippen MR) is 114 cm³/mol. The Morgan fingerprint density at radius 2 is 1.70 bits per heavy atom. The van der Waals surface area contributed by atoms with Crippen molar-refractivity contribution < 1.29 is 24.1 Å². The monoisotopic (exact) mass is 412 g/mol. The number of ether oxygens (including phenoxy) is 4. The van der Waals surface area contributed by atoms with Crippen LogP contribution in [-0.2, 0) is 0 Å². The Bertz CT molecular complexity index is 937. The van der Waals surface area contributed by atoms with Crippen molar-refractivity contribution in [2.24, 2.45) is 4.99 Å². The number of aromatic nitrogens is 1. The second-order valence-corrected chi connectivity index (χ2v) is 7.58. The molecular weight excluding hydrogens is 384 g/mol. The lowest BCUT2D eigenvalue weighted by Gasteiger charge is -2.37. The molecule has 3 unspecified atom stereocenters. The standard InChI is InChI=1S/C23H28N2O5/c1-5-30-20-11-15-16-10-14(26)6-7-18(16)24-23(17(15)12-19(20)27-2)13-8-21(28-3)25-22(9-13)29-4/h8-9,11-12,14,16,18,26H,5-7,10H2,1-4H3. The van der Waals surface area contributed by atoms with Gasteiger partial charge in [-0.2, -0.15) is 4.98 Å². The van der Waals surface area contributed by atoms with Gasteiger partial charge in [-0.15, -0.1) is 0 Å². The Morgan fingerprint density at radius 1 is 0.967 bits per heavy atom. The molecule has 1 fully saturated rings. The third kappa shape index (κ3) is 3.69. The molecule has 1 saturated carbocycles. The van der Waals surface area contributed by atoms with E-state index in [1.807, 2.05) is 25.1 Å². The van der Waals surface area contributed by atoms with Crippen molar-refractivity contribution in [1.29, 1.82) is 0 Å². The van der Waals surface area contributed by atoms with Gasteiger partial charge in [-0.3, -0.25) is 4.99 Å². The molecule has 1 N–H and O–H groups in total. The predicted octanol–water partition coefficient (Wildman–Crippen LogP) is 3.35. The summed E-state index contributed by atoms with van der Waals surface area (Å²) in [7, 11) is 4.80. The second-order valence-electron chi connectivity index (χ2n) is 7.58. The maximum atomic E-state index is 10.3. The Morgan fingerprint density at radius 3 is 2.33 bits per heavy atom. The summed E-state index contributed by atoms with van der Waals surface area (Å²) < 4.78 is 22.2. The molecule has 7 heteroatoms. The maximum absolute atomic E-state index is 10.3. The molecule has 160 valence electrons. The first-order chi connectivity index (χ1) is 14.6. The summed E-state index contributed by atoms with van der Waals surface area (Å²) in [5, 5.41) is 10.3. The Hall–Kier alpha value is -2.80. The minimum atomic E-state index is -0.311. The first kappa shape index (κ1) is 20.5. The molecule has 0 radical (unpaired) electrons.